The fourth-order valence-electron chi connectivity index (χ4n) is 3.53. The lowest BCUT2D eigenvalue weighted by Crippen LogP contribution is -2.19. The molecule has 0 bridgehead atoms. The molecule has 1 heterocycles. The first-order chi connectivity index (χ1) is 17.3. The van der Waals surface area contributed by atoms with E-state index in [9.17, 15) is 0 Å². The smallest absolute Gasteiger partial charge is 0.211 e. The normalized spacial score (nSPS) is 12.1. The molecule has 0 saturated carbocycles. The van der Waals surface area contributed by atoms with Crippen LogP contribution in [0.15, 0.2) is 136 Å². The lowest BCUT2D eigenvalue weighted by Gasteiger charge is -2.08. The molecule has 0 atom stereocenters. The van der Waals surface area contributed by atoms with Crippen molar-refractivity contribution in [3.63, 3.8) is 0 Å². The van der Waals surface area contributed by atoms with Gasteiger partial charge in [-0.3, -0.25) is 4.57 Å². The molecule has 4 aromatic carbocycles. The van der Waals surface area contributed by atoms with Crippen LogP contribution in [0.1, 0.15) is 16.7 Å². The van der Waals surface area contributed by atoms with Crippen LogP contribution in [-0.4, -0.2) is 14.8 Å². The average molecular weight is 493 g/mol. The van der Waals surface area contributed by atoms with E-state index in [0.717, 1.165) is 27.0 Å². The van der Waals surface area contributed by atoms with Gasteiger partial charge in [0.1, 0.15) is 0 Å². The Labute approximate surface area is 213 Å². The van der Waals surface area contributed by atoms with Gasteiger partial charge in [0.2, 0.25) is 4.80 Å². The summed E-state index contributed by atoms with van der Waals surface area (Å²) in [6, 6.07) is 41.0. The van der Waals surface area contributed by atoms with Crippen molar-refractivity contribution in [3.05, 3.63) is 143 Å². The van der Waals surface area contributed by atoms with Crippen LogP contribution in [0.5, 0.6) is 0 Å². The average Bonchev–Trinajstić information content (AvgIpc) is 3.30. The maximum atomic E-state index is 5.05. The van der Waals surface area contributed by atoms with E-state index >= 15 is 0 Å². The molecule has 0 saturated heterocycles. The molecule has 0 unspecified atom stereocenters. The summed E-state index contributed by atoms with van der Waals surface area (Å²) in [6.45, 7) is 0.695. The lowest BCUT2D eigenvalue weighted by atomic mass is 10.2. The van der Waals surface area contributed by atoms with Crippen molar-refractivity contribution in [2.75, 3.05) is 0 Å². The topological polar surface area (TPSA) is 42.5 Å². The van der Waals surface area contributed by atoms with Crippen molar-refractivity contribution in [1.82, 2.24) is 8.94 Å². The van der Waals surface area contributed by atoms with Gasteiger partial charge in [-0.2, -0.15) is 9.37 Å². The molecule has 6 heteroatoms. The molecule has 0 spiro atoms. The third-order valence-electron chi connectivity index (χ3n) is 5.29. The van der Waals surface area contributed by atoms with Crippen molar-refractivity contribution in [3.8, 4) is 0 Å². The molecule has 0 aliphatic rings. The van der Waals surface area contributed by atoms with Gasteiger partial charge in [-0.05, 0) is 23.3 Å². The van der Waals surface area contributed by atoms with Crippen molar-refractivity contribution in [2.24, 2.45) is 9.98 Å². The van der Waals surface area contributed by atoms with Gasteiger partial charge in [0.15, 0.2) is 11.0 Å². The molecule has 0 fully saturated rings. The Morgan fingerprint density at radius 3 is 1.94 bits per heavy atom. The number of nitrogens with zero attached hydrogens (tertiary/aromatic N) is 4. The first kappa shape index (κ1) is 23.0. The highest BCUT2D eigenvalue weighted by Crippen LogP contribution is 2.22. The monoisotopic (exact) mass is 492 g/mol. The molecule has 35 heavy (non-hydrogen) atoms. The standard InChI is InChI=1S/C29H24N4S2/c1-5-13-23(14-6-1)21-33-28(35-32-29(33)34-22-24-15-7-2-8-16-24)31-27(25-17-9-3-10-18-25)30-26-19-11-4-12-20-26/h1-20H,21-22H2. The Morgan fingerprint density at radius 1 is 0.714 bits per heavy atom. The second-order valence-electron chi connectivity index (χ2n) is 7.84. The zero-order chi connectivity index (χ0) is 23.7. The summed E-state index contributed by atoms with van der Waals surface area (Å²) in [5.41, 5.74) is 4.31. The summed E-state index contributed by atoms with van der Waals surface area (Å²) in [4.78, 5) is 10.8. The molecule has 1 aromatic heterocycles. The number of hydrogen-bond donors (Lipinski definition) is 0. The molecule has 0 N–H and O–H groups in total. The first-order valence-corrected chi connectivity index (χ1v) is 13.1. The van der Waals surface area contributed by atoms with Gasteiger partial charge >= 0.3 is 0 Å². The van der Waals surface area contributed by atoms with Gasteiger partial charge in [0.05, 0.1) is 12.2 Å². The molecular weight excluding hydrogens is 468 g/mol. The van der Waals surface area contributed by atoms with Crippen LogP contribution >= 0.6 is 23.3 Å². The van der Waals surface area contributed by atoms with E-state index in [0.29, 0.717) is 12.4 Å². The molecule has 5 rings (SSSR count). The minimum absolute atomic E-state index is 0.668. The highest BCUT2D eigenvalue weighted by molar-refractivity contribution is 7.98. The fourth-order valence-corrected chi connectivity index (χ4v) is 5.34. The quantitative estimate of drug-likeness (QED) is 0.140. The first-order valence-electron chi connectivity index (χ1n) is 11.4. The summed E-state index contributed by atoms with van der Waals surface area (Å²) < 4.78 is 6.99. The van der Waals surface area contributed by atoms with E-state index in [4.69, 9.17) is 14.4 Å². The third-order valence-corrected chi connectivity index (χ3v) is 7.19. The highest BCUT2D eigenvalue weighted by atomic mass is 32.2. The zero-order valence-electron chi connectivity index (χ0n) is 19.1. The van der Waals surface area contributed by atoms with Crippen LogP contribution in [0.25, 0.3) is 0 Å². The second-order valence-corrected chi connectivity index (χ2v) is 9.52. The summed E-state index contributed by atoms with van der Waals surface area (Å²) in [5, 5.41) is 0.952. The number of hydrogen-bond acceptors (Lipinski definition) is 4. The Morgan fingerprint density at radius 2 is 1.29 bits per heavy atom. The molecule has 172 valence electrons. The third kappa shape index (κ3) is 6.23. The Kier molecular flexibility index (Phi) is 7.63. The Hall–Kier alpha value is -3.74. The molecule has 0 aliphatic carbocycles. The number of rotatable bonds is 7. The van der Waals surface area contributed by atoms with Crippen LogP contribution in [0, 0.1) is 0 Å². The van der Waals surface area contributed by atoms with E-state index in [1.807, 2.05) is 72.8 Å². The van der Waals surface area contributed by atoms with E-state index < -0.39 is 0 Å². The van der Waals surface area contributed by atoms with E-state index in [2.05, 4.69) is 53.1 Å². The lowest BCUT2D eigenvalue weighted by molar-refractivity contribution is 0.679. The van der Waals surface area contributed by atoms with E-state index in [1.165, 1.54) is 22.7 Å². The van der Waals surface area contributed by atoms with Crippen molar-refractivity contribution in [1.29, 1.82) is 0 Å². The van der Waals surface area contributed by atoms with E-state index in [1.54, 1.807) is 11.8 Å². The van der Waals surface area contributed by atoms with Gasteiger partial charge in [-0.25, -0.2) is 4.99 Å². The maximum absolute atomic E-state index is 5.05. The Bertz CT molecular complexity index is 1440. The minimum Gasteiger partial charge on any atom is -0.290 e. The molecule has 5 aromatic rings. The van der Waals surface area contributed by atoms with Crippen molar-refractivity contribution in [2.45, 2.75) is 17.5 Å². The molecule has 4 nitrogen and oxygen atoms in total. The summed E-state index contributed by atoms with van der Waals surface area (Å²) in [7, 11) is 0. The molecule has 0 amide bonds. The Balaban J connectivity index is 1.57. The molecule has 0 aliphatic heterocycles. The molecule has 0 radical (unpaired) electrons. The van der Waals surface area contributed by atoms with Gasteiger partial charge in [0, 0.05) is 22.8 Å². The van der Waals surface area contributed by atoms with Gasteiger partial charge in [0.25, 0.3) is 0 Å². The summed E-state index contributed by atoms with van der Waals surface area (Å²) >= 11 is 3.14. The summed E-state index contributed by atoms with van der Waals surface area (Å²) in [6.07, 6.45) is 0. The van der Waals surface area contributed by atoms with Crippen LogP contribution in [0.3, 0.4) is 0 Å². The van der Waals surface area contributed by atoms with Gasteiger partial charge < -0.3 is 0 Å². The van der Waals surface area contributed by atoms with E-state index in [-0.39, 0.29) is 0 Å². The zero-order valence-corrected chi connectivity index (χ0v) is 20.7. The van der Waals surface area contributed by atoms with Gasteiger partial charge in [-0.1, -0.05) is 121 Å². The van der Waals surface area contributed by atoms with Crippen LogP contribution in [0.4, 0.5) is 5.69 Å². The number of amidine groups is 1. The number of para-hydroxylation sites is 1. The number of aromatic nitrogens is 2. The van der Waals surface area contributed by atoms with Gasteiger partial charge in [-0.15, -0.1) is 0 Å². The molecular formula is C29H24N4S2. The predicted octanol–water partition coefficient (Wildman–Crippen LogP) is 6.96. The highest BCUT2D eigenvalue weighted by Gasteiger charge is 2.12. The number of aliphatic imine (C=N–C) groups is 1. The van der Waals surface area contributed by atoms with Crippen LogP contribution in [0.2, 0.25) is 0 Å². The van der Waals surface area contributed by atoms with Crippen molar-refractivity contribution >= 4 is 34.8 Å². The fraction of sp³-hybridized carbons (Fsp3) is 0.0690. The summed E-state index contributed by atoms with van der Waals surface area (Å²) in [5.74, 6) is 1.52. The second kappa shape index (κ2) is 11.6. The maximum Gasteiger partial charge on any atom is 0.211 e. The van der Waals surface area contributed by atoms with Crippen LogP contribution in [-0.2, 0) is 12.3 Å². The minimum atomic E-state index is 0.668. The number of benzene rings is 4. The largest absolute Gasteiger partial charge is 0.290 e. The van der Waals surface area contributed by atoms with Crippen LogP contribution < -0.4 is 4.80 Å². The SMILES string of the molecule is c1ccc(CSc2nsc(=NC(=Nc3ccccc3)c3ccccc3)n2Cc2ccccc2)cc1. The van der Waals surface area contributed by atoms with Crippen molar-refractivity contribution < 1.29 is 0 Å². The predicted molar refractivity (Wildman–Crippen MR) is 146 cm³/mol. The number of thioether (sulfide) groups is 1.